The van der Waals surface area contributed by atoms with Crippen LogP contribution in [0, 0.1) is 30.3 Å². The summed E-state index contributed by atoms with van der Waals surface area (Å²) in [5.74, 6) is 0.556. The molecule has 2 aromatic rings. The van der Waals surface area contributed by atoms with E-state index in [0.29, 0.717) is 30.2 Å². The summed E-state index contributed by atoms with van der Waals surface area (Å²) in [6, 6.07) is 7.53. The molecule has 0 spiro atoms. The molecule has 0 atom stereocenters. The monoisotopic (exact) mass is 348 g/mol. The fourth-order valence-corrected chi connectivity index (χ4v) is 2.06. The van der Waals surface area contributed by atoms with Crippen LogP contribution in [0.5, 0.6) is 5.75 Å². The highest BCUT2D eigenvalue weighted by Crippen LogP contribution is 2.40. The number of nitro benzene ring substituents is 3. The van der Waals surface area contributed by atoms with Crippen LogP contribution in [0.4, 0.5) is 28.4 Å². The largest absolute Gasteiger partial charge is 0.494 e. The first kappa shape index (κ1) is 17.6. The summed E-state index contributed by atoms with van der Waals surface area (Å²) in [7, 11) is 0. The van der Waals surface area contributed by atoms with Crippen LogP contribution in [-0.4, -0.2) is 21.4 Å². The number of nitro groups is 3. The van der Waals surface area contributed by atoms with Gasteiger partial charge in [-0.2, -0.15) is 0 Å². The minimum Gasteiger partial charge on any atom is -0.494 e. The van der Waals surface area contributed by atoms with Gasteiger partial charge >= 0.3 is 11.4 Å². The van der Waals surface area contributed by atoms with Crippen LogP contribution >= 0.6 is 0 Å². The molecule has 0 unspecified atom stereocenters. The topological polar surface area (TPSA) is 151 Å². The molecule has 0 heterocycles. The first-order valence-corrected chi connectivity index (χ1v) is 6.94. The molecule has 0 saturated carbocycles. The predicted octanol–water partition coefficient (Wildman–Crippen LogP) is 3.55. The molecule has 0 bridgehead atoms. The molecule has 130 valence electrons. The van der Waals surface area contributed by atoms with E-state index in [1.54, 1.807) is 19.1 Å². The molecular weight excluding hydrogens is 336 g/mol. The number of hydrogen-bond acceptors (Lipinski definition) is 8. The van der Waals surface area contributed by atoms with Crippen molar-refractivity contribution in [3.05, 3.63) is 66.7 Å². The molecular formula is C14H12N4O7. The van der Waals surface area contributed by atoms with Crippen molar-refractivity contribution in [2.45, 2.75) is 6.92 Å². The van der Waals surface area contributed by atoms with Crippen LogP contribution in [-0.2, 0) is 0 Å². The summed E-state index contributed by atoms with van der Waals surface area (Å²) in [5.41, 5.74) is -2.39. The van der Waals surface area contributed by atoms with Crippen LogP contribution in [0.1, 0.15) is 6.92 Å². The summed E-state index contributed by atoms with van der Waals surface area (Å²) in [5, 5.41) is 35.8. The molecule has 0 aliphatic carbocycles. The number of ether oxygens (including phenoxy) is 1. The highest BCUT2D eigenvalue weighted by molar-refractivity contribution is 5.81. The summed E-state index contributed by atoms with van der Waals surface area (Å²) in [4.78, 5) is 30.5. The Morgan fingerprint density at radius 3 is 1.84 bits per heavy atom. The number of nitrogens with one attached hydrogen (secondary N) is 1. The third kappa shape index (κ3) is 3.96. The molecule has 0 aromatic heterocycles. The first-order valence-electron chi connectivity index (χ1n) is 6.94. The van der Waals surface area contributed by atoms with Crippen molar-refractivity contribution in [3.8, 4) is 5.75 Å². The van der Waals surface area contributed by atoms with Crippen LogP contribution in [0.25, 0.3) is 0 Å². The highest BCUT2D eigenvalue weighted by atomic mass is 16.6. The molecule has 0 amide bonds. The highest BCUT2D eigenvalue weighted by Gasteiger charge is 2.30. The Morgan fingerprint density at radius 1 is 0.920 bits per heavy atom. The number of hydrogen-bond donors (Lipinski definition) is 1. The molecule has 11 heteroatoms. The first-order chi connectivity index (χ1) is 11.8. The van der Waals surface area contributed by atoms with Crippen molar-refractivity contribution in [1.82, 2.24) is 0 Å². The minimum absolute atomic E-state index is 0.323. The quantitative estimate of drug-likeness (QED) is 0.589. The van der Waals surface area contributed by atoms with E-state index in [-0.39, 0.29) is 0 Å². The maximum Gasteiger partial charge on any atom is 0.306 e. The van der Waals surface area contributed by atoms with Crippen molar-refractivity contribution >= 4 is 28.4 Å². The van der Waals surface area contributed by atoms with Gasteiger partial charge in [-0.05, 0) is 31.2 Å². The molecule has 0 radical (unpaired) electrons. The van der Waals surface area contributed by atoms with E-state index in [1.807, 2.05) is 0 Å². The lowest BCUT2D eigenvalue weighted by Crippen LogP contribution is -2.03. The summed E-state index contributed by atoms with van der Waals surface area (Å²) >= 11 is 0. The third-order valence-corrected chi connectivity index (χ3v) is 3.12. The van der Waals surface area contributed by atoms with Crippen molar-refractivity contribution in [3.63, 3.8) is 0 Å². The number of non-ortho nitro benzene ring substituents is 1. The molecule has 1 N–H and O–H groups in total. The zero-order chi connectivity index (χ0) is 18.6. The second-order valence-corrected chi connectivity index (χ2v) is 4.71. The average molecular weight is 348 g/mol. The lowest BCUT2D eigenvalue weighted by molar-refractivity contribution is -0.401. The van der Waals surface area contributed by atoms with Gasteiger partial charge in [0.1, 0.15) is 5.75 Å². The van der Waals surface area contributed by atoms with Gasteiger partial charge in [0.25, 0.3) is 5.69 Å². The zero-order valence-corrected chi connectivity index (χ0v) is 12.9. The molecule has 25 heavy (non-hydrogen) atoms. The Morgan fingerprint density at radius 2 is 1.44 bits per heavy atom. The van der Waals surface area contributed by atoms with Gasteiger partial charge in [0.15, 0.2) is 5.69 Å². The molecule has 0 fully saturated rings. The van der Waals surface area contributed by atoms with E-state index in [9.17, 15) is 30.3 Å². The summed E-state index contributed by atoms with van der Waals surface area (Å²) in [6.45, 7) is 2.25. The van der Waals surface area contributed by atoms with Crippen molar-refractivity contribution in [2.24, 2.45) is 0 Å². The normalized spacial score (nSPS) is 10.1. The number of anilines is 2. The van der Waals surface area contributed by atoms with Gasteiger partial charge in [-0.1, -0.05) is 0 Å². The van der Waals surface area contributed by atoms with Crippen LogP contribution in [0.3, 0.4) is 0 Å². The van der Waals surface area contributed by atoms with E-state index >= 15 is 0 Å². The van der Waals surface area contributed by atoms with E-state index < -0.39 is 37.5 Å². The Labute approximate surface area is 140 Å². The van der Waals surface area contributed by atoms with Crippen LogP contribution < -0.4 is 10.1 Å². The number of rotatable bonds is 7. The van der Waals surface area contributed by atoms with E-state index in [0.717, 1.165) is 0 Å². The van der Waals surface area contributed by atoms with Crippen LogP contribution in [0.2, 0.25) is 0 Å². The molecule has 2 rings (SSSR count). The average Bonchev–Trinajstić information content (AvgIpc) is 2.56. The SMILES string of the molecule is CCOc1ccc(Nc2c([N+](=O)[O-])cc([N+](=O)[O-])cc2[N+](=O)[O-])cc1. The summed E-state index contributed by atoms with van der Waals surface area (Å²) in [6.07, 6.45) is 0. The number of benzene rings is 2. The molecule has 0 aliphatic heterocycles. The molecule has 11 nitrogen and oxygen atoms in total. The fourth-order valence-electron chi connectivity index (χ4n) is 2.06. The minimum atomic E-state index is -0.930. The smallest absolute Gasteiger partial charge is 0.306 e. The van der Waals surface area contributed by atoms with Crippen molar-refractivity contribution in [1.29, 1.82) is 0 Å². The van der Waals surface area contributed by atoms with Crippen LogP contribution in [0.15, 0.2) is 36.4 Å². The fraction of sp³-hybridized carbons (Fsp3) is 0.143. The van der Waals surface area contributed by atoms with Gasteiger partial charge in [-0.3, -0.25) is 30.3 Å². The number of nitrogens with zero attached hydrogens (tertiary/aromatic N) is 3. The van der Waals surface area contributed by atoms with E-state index in [1.165, 1.54) is 12.1 Å². The van der Waals surface area contributed by atoms with Crippen molar-refractivity contribution < 1.29 is 19.5 Å². The maximum absolute atomic E-state index is 11.2. The predicted molar refractivity (Wildman–Crippen MR) is 87.3 cm³/mol. The standard InChI is InChI=1S/C14H12N4O7/c1-2-25-11-5-3-9(4-6-11)15-14-12(17(21)22)7-10(16(19)20)8-13(14)18(23)24/h3-8,15H,2H2,1H3. The van der Waals surface area contributed by atoms with Gasteiger partial charge in [-0.15, -0.1) is 0 Å². The van der Waals surface area contributed by atoms with Gasteiger partial charge in [0, 0.05) is 5.69 Å². The second-order valence-electron chi connectivity index (χ2n) is 4.71. The summed E-state index contributed by atoms with van der Waals surface area (Å²) < 4.78 is 5.26. The van der Waals surface area contributed by atoms with Gasteiger partial charge in [0.05, 0.1) is 33.5 Å². The maximum atomic E-state index is 11.2. The zero-order valence-electron chi connectivity index (χ0n) is 12.9. The van der Waals surface area contributed by atoms with E-state index in [4.69, 9.17) is 4.74 Å². The Kier molecular flexibility index (Phi) is 5.07. The Balaban J connectivity index is 2.52. The molecule has 2 aromatic carbocycles. The van der Waals surface area contributed by atoms with Gasteiger partial charge < -0.3 is 10.1 Å². The van der Waals surface area contributed by atoms with Gasteiger partial charge in [0.2, 0.25) is 0 Å². The van der Waals surface area contributed by atoms with Crippen molar-refractivity contribution in [2.75, 3.05) is 11.9 Å². The third-order valence-electron chi connectivity index (χ3n) is 3.12. The lowest BCUT2D eigenvalue weighted by atomic mass is 10.2. The van der Waals surface area contributed by atoms with E-state index in [2.05, 4.69) is 5.32 Å². The Hall–Kier alpha value is -3.76. The second kappa shape index (κ2) is 7.21. The Bertz CT molecular complexity index is 801. The lowest BCUT2D eigenvalue weighted by Gasteiger charge is -2.09. The molecule has 0 aliphatic rings. The van der Waals surface area contributed by atoms with Gasteiger partial charge in [-0.25, -0.2) is 0 Å². The molecule has 0 saturated heterocycles.